The second-order valence-corrected chi connectivity index (χ2v) is 5.56. The van der Waals surface area contributed by atoms with Crippen LogP contribution in [0.4, 0.5) is 5.69 Å². The van der Waals surface area contributed by atoms with E-state index in [9.17, 15) is 4.79 Å². The molecule has 0 bridgehead atoms. The summed E-state index contributed by atoms with van der Waals surface area (Å²) in [4.78, 5) is 17.2. The van der Waals surface area contributed by atoms with Crippen molar-refractivity contribution in [3.05, 3.63) is 59.5 Å². The lowest BCUT2D eigenvalue weighted by molar-refractivity contribution is 0.0963. The van der Waals surface area contributed by atoms with Gasteiger partial charge >= 0.3 is 0 Å². The summed E-state index contributed by atoms with van der Waals surface area (Å²) in [6.45, 7) is 1.66. The van der Waals surface area contributed by atoms with E-state index in [1.54, 1.807) is 17.0 Å². The van der Waals surface area contributed by atoms with E-state index in [1.807, 2.05) is 30.5 Å². The molecule has 0 fully saturated rings. The van der Waals surface area contributed by atoms with E-state index in [-0.39, 0.29) is 5.91 Å². The highest BCUT2D eigenvalue weighted by Crippen LogP contribution is 2.23. The molecule has 0 spiro atoms. The van der Waals surface area contributed by atoms with Crippen LogP contribution in [0.3, 0.4) is 0 Å². The minimum absolute atomic E-state index is 0.0361. The van der Waals surface area contributed by atoms with Crippen LogP contribution in [0.25, 0.3) is 10.9 Å². The Morgan fingerprint density at radius 3 is 3.09 bits per heavy atom. The third kappa shape index (κ3) is 1.98. The fourth-order valence-electron chi connectivity index (χ4n) is 3.07. The molecule has 0 saturated heterocycles. The summed E-state index contributed by atoms with van der Waals surface area (Å²) in [5.74, 6) is -0.0361. The number of aromatic nitrogens is 2. The van der Waals surface area contributed by atoms with E-state index in [1.165, 1.54) is 0 Å². The number of carbonyl (C=O) groups excluding carboxylic acids is 1. The van der Waals surface area contributed by atoms with Crippen molar-refractivity contribution in [2.45, 2.75) is 13.0 Å². The Bertz CT molecular complexity index is 881. The van der Waals surface area contributed by atoms with E-state index < -0.39 is 0 Å². The minimum Gasteiger partial charge on any atom is -0.399 e. The molecule has 3 N–H and O–H groups in total. The quantitative estimate of drug-likeness (QED) is 0.672. The molecular formula is C17H16N4O. The molecule has 1 aliphatic heterocycles. The predicted octanol–water partition coefficient (Wildman–Crippen LogP) is 1.95. The first-order chi connectivity index (χ1) is 10.7. The molecule has 0 aliphatic carbocycles. The number of nitrogen functional groups attached to an aromatic ring is 1. The summed E-state index contributed by atoms with van der Waals surface area (Å²) in [6, 6.07) is 7.48. The van der Waals surface area contributed by atoms with Crippen LogP contribution < -0.4 is 11.1 Å². The summed E-state index contributed by atoms with van der Waals surface area (Å²) in [6.07, 6.45) is 6.17. The van der Waals surface area contributed by atoms with Crippen LogP contribution >= 0.6 is 0 Å². The lowest BCUT2D eigenvalue weighted by Crippen LogP contribution is -2.26. The number of pyridine rings is 1. The summed E-state index contributed by atoms with van der Waals surface area (Å²) < 4.78 is 1.67. The highest BCUT2D eigenvalue weighted by Gasteiger charge is 2.20. The van der Waals surface area contributed by atoms with Crippen LogP contribution in [0, 0.1) is 0 Å². The summed E-state index contributed by atoms with van der Waals surface area (Å²) >= 11 is 0. The van der Waals surface area contributed by atoms with Crippen LogP contribution in [-0.2, 0) is 13.0 Å². The third-order valence-corrected chi connectivity index (χ3v) is 4.18. The molecule has 1 aromatic carbocycles. The number of anilines is 1. The zero-order valence-corrected chi connectivity index (χ0v) is 12.0. The van der Waals surface area contributed by atoms with E-state index in [0.717, 1.165) is 41.5 Å². The van der Waals surface area contributed by atoms with Crippen molar-refractivity contribution < 1.29 is 4.79 Å². The van der Waals surface area contributed by atoms with Gasteiger partial charge in [0.1, 0.15) is 0 Å². The van der Waals surface area contributed by atoms with E-state index in [4.69, 9.17) is 5.73 Å². The molecule has 2 aromatic heterocycles. The number of fused-ring (bicyclic) bond motifs is 2. The maximum absolute atomic E-state index is 12.9. The molecule has 1 aliphatic rings. The molecule has 0 saturated carbocycles. The third-order valence-electron chi connectivity index (χ3n) is 4.18. The Morgan fingerprint density at radius 2 is 2.18 bits per heavy atom. The highest BCUT2D eigenvalue weighted by molar-refractivity contribution is 6.03. The van der Waals surface area contributed by atoms with Gasteiger partial charge in [0, 0.05) is 36.2 Å². The summed E-state index contributed by atoms with van der Waals surface area (Å²) in [5, 5.41) is 4.27. The molecule has 0 radical (unpaired) electrons. The van der Waals surface area contributed by atoms with Gasteiger partial charge in [-0.15, -0.1) is 0 Å². The standard InChI is InChI=1S/C17H16N4O/c18-13-1-2-16-11(7-13)4-6-21(16)17(22)15-10-20-9-12-8-19-5-3-14(12)15/h1-2,4,6-7,9-10,19H,3,5,8,18H2. The number of carbonyl (C=O) groups is 1. The van der Waals surface area contributed by atoms with Gasteiger partial charge in [-0.3, -0.25) is 14.3 Å². The molecule has 0 amide bonds. The Balaban J connectivity index is 1.84. The Kier molecular flexibility index (Phi) is 2.94. The van der Waals surface area contributed by atoms with Crippen molar-refractivity contribution in [1.82, 2.24) is 14.9 Å². The van der Waals surface area contributed by atoms with Crippen LogP contribution in [0.1, 0.15) is 21.5 Å². The van der Waals surface area contributed by atoms with Crippen molar-refractivity contribution in [3.63, 3.8) is 0 Å². The van der Waals surface area contributed by atoms with E-state index in [2.05, 4.69) is 10.3 Å². The Labute approximate surface area is 127 Å². The zero-order chi connectivity index (χ0) is 15.1. The van der Waals surface area contributed by atoms with Crippen LogP contribution in [-0.4, -0.2) is 22.0 Å². The highest BCUT2D eigenvalue weighted by atomic mass is 16.2. The fourth-order valence-corrected chi connectivity index (χ4v) is 3.07. The first-order valence-electron chi connectivity index (χ1n) is 7.32. The summed E-state index contributed by atoms with van der Waals surface area (Å²) in [7, 11) is 0. The molecular weight excluding hydrogens is 276 g/mol. The van der Waals surface area contributed by atoms with Gasteiger partial charge in [0.25, 0.3) is 5.91 Å². The predicted molar refractivity (Wildman–Crippen MR) is 85.7 cm³/mol. The molecule has 110 valence electrons. The van der Waals surface area contributed by atoms with Gasteiger partial charge in [0.2, 0.25) is 0 Å². The van der Waals surface area contributed by atoms with Crippen molar-refractivity contribution in [3.8, 4) is 0 Å². The van der Waals surface area contributed by atoms with Gasteiger partial charge in [-0.1, -0.05) is 0 Å². The number of hydrogen-bond donors (Lipinski definition) is 2. The maximum atomic E-state index is 12.9. The van der Waals surface area contributed by atoms with Gasteiger partial charge in [0.15, 0.2) is 0 Å². The smallest absolute Gasteiger partial charge is 0.264 e. The molecule has 22 heavy (non-hydrogen) atoms. The van der Waals surface area contributed by atoms with Crippen molar-refractivity contribution >= 4 is 22.5 Å². The zero-order valence-electron chi connectivity index (χ0n) is 12.0. The van der Waals surface area contributed by atoms with Gasteiger partial charge in [-0.25, -0.2) is 0 Å². The lowest BCUT2D eigenvalue weighted by atomic mass is 9.98. The average Bonchev–Trinajstić information content (AvgIpc) is 2.96. The molecule has 5 heteroatoms. The molecule has 4 rings (SSSR count). The average molecular weight is 292 g/mol. The molecule has 0 unspecified atom stereocenters. The molecule has 0 atom stereocenters. The lowest BCUT2D eigenvalue weighted by Gasteiger charge is -2.19. The molecule has 5 nitrogen and oxygen atoms in total. The van der Waals surface area contributed by atoms with Crippen LogP contribution in [0.2, 0.25) is 0 Å². The van der Waals surface area contributed by atoms with Crippen LogP contribution in [0.15, 0.2) is 42.9 Å². The number of nitrogens with zero attached hydrogens (tertiary/aromatic N) is 2. The van der Waals surface area contributed by atoms with Crippen molar-refractivity contribution in [2.24, 2.45) is 0 Å². The van der Waals surface area contributed by atoms with Gasteiger partial charge in [-0.2, -0.15) is 0 Å². The number of hydrogen-bond acceptors (Lipinski definition) is 4. The fraction of sp³-hybridized carbons (Fsp3) is 0.176. The van der Waals surface area contributed by atoms with Gasteiger partial charge < -0.3 is 11.1 Å². The van der Waals surface area contributed by atoms with Gasteiger partial charge in [-0.05, 0) is 48.4 Å². The van der Waals surface area contributed by atoms with Crippen molar-refractivity contribution in [1.29, 1.82) is 0 Å². The number of nitrogens with two attached hydrogens (primary N) is 1. The van der Waals surface area contributed by atoms with Gasteiger partial charge in [0.05, 0.1) is 11.1 Å². The first-order valence-corrected chi connectivity index (χ1v) is 7.32. The first kappa shape index (κ1) is 13.0. The van der Waals surface area contributed by atoms with Crippen LogP contribution in [0.5, 0.6) is 0 Å². The Hall–Kier alpha value is -2.66. The number of benzene rings is 1. The SMILES string of the molecule is Nc1ccc2c(ccn2C(=O)c2cncc3c2CCNC3)c1. The largest absolute Gasteiger partial charge is 0.399 e. The second kappa shape index (κ2) is 4.96. The van der Waals surface area contributed by atoms with E-state index >= 15 is 0 Å². The molecule has 3 aromatic rings. The van der Waals surface area contributed by atoms with E-state index in [0.29, 0.717) is 11.3 Å². The second-order valence-electron chi connectivity index (χ2n) is 5.56. The topological polar surface area (TPSA) is 72.9 Å². The Morgan fingerprint density at radius 1 is 1.27 bits per heavy atom. The molecule has 3 heterocycles. The minimum atomic E-state index is -0.0361. The normalized spacial score (nSPS) is 14.0. The monoisotopic (exact) mass is 292 g/mol. The van der Waals surface area contributed by atoms with Crippen molar-refractivity contribution in [2.75, 3.05) is 12.3 Å². The number of rotatable bonds is 1. The maximum Gasteiger partial charge on any atom is 0.264 e. The summed E-state index contributed by atoms with van der Waals surface area (Å²) in [5.41, 5.74) is 10.3. The number of nitrogens with one attached hydrogen (secondary N) is 1.